The quantitative estimate of drug-likeness (QED) is 0.720. The van der Waals surface area contributed by atoms with Crippen molar-refractivity contribution in [1.29, 1.82) is 0 Å². The first-order valence-electron chi connectivity index (χ1n) is 7.74. The number of fused-ring (bicyclic) bond motifs is 3. The fourth-order valence-corrected chi connectivity index (χ4v) is 3.05. The molecule has 3 aromatic rings. The number of hydrogen-bond acceptors (Lipinski definition) is 7. The molecule has 1 N–H and O–H groups in total. The lowest BCUT2D eigenvalue weighted by molar-refractivity contribution is 0.220. The third kappa shape index (κ3) is 2.87. The second-order valence-electron chi connectivity index (χ2n) is 5.38. The topological polar surface area (TPSA) is 69.2 Å². The summed E-state index contributed by atoms with van der Waals surface area (Å²) in [6.07, 6.45) is 1.45. The Morgan fingerprint density at radius 3 is 2.72 bits per heavy atom. The van der Waals surface area contributed by atoms with Crippen LogP contribution in [0.25, 0.3) is 11.3 Å². The average Bonchev–Trinajstić information content (AvgIpc) is 2.84. The summed E-state index contributed by atoms with van der Waals surface area (Å²) in [6, 6.07) is 15.6. The Morgan fingerprint density at radius 2 is 1.88 bits per heavy atom. The van der Waals surface area contributed by atoms with Gasteiger partial charge in [0.15, 0.2) is 5.69 Å². The third-order valence-electron chi connectivity index (χ3n) is 3.94. The second-order valence-corrected chi connectivity index (χ2v) is 6.16. The van der Waals surface area contributed by atoms with E-state index in [1.54, 1.807) is 7.11 Å². The summed E-state index contributed by atoms with van der Waals surface area (Å²) in [7, 11) is 1.65. The number of nitrogens with zero attached hydrogens (tertiary/aromatic N) is 3. The number of benzene rings is 2. The fraction of sp³-hybridized carbons (Fsp3) is 0.167. The smallest absolute Gasteiger partial charge is 0.247 e. The van der Waals surface area contributed by atoms with E-state index in [-0.39, 0.29) is 0 Å². The van der Waals surface area contributed by atoms with E-state index in [2.05, 4.69) is 20.5 Å². The van der Waals surface area contributed by atoms with Crippen LogP contribution < -0.4 is 14.8 Å². The third-order valence-corrected chi connectivity index (χ3v) is 4.48. The zero-order chi connectivity index (χ0) is 17.2. The van der Waals surface area contributed by atoms with Crippen molar-refractivity contribution in [2.75, 3.05) is 18.7 Å². The van der Waals surface area contributed by atoms with Crippen molar-refractivity contribution in [2.24, 2.45) is 0 Å². The molecule has 0 saturated heterocycles. The van der Waals surface area contributed by atoms with Crippen LogP contribution in [0.5, 0.6) is 11.6 Å². The zero-order valence-corrected chi connectivity index (χ0v) is 14.6. The van der Waals surface area contributed by atoms with Gasteiger partial charge in [-0.3, -0.25) is 0 Å². The van der Waals surface area contributed by atoms with E-state index in [0.717, 1.165) is 22.6 Å². The first kappa shape index (κ1) is 15.7. The molecule has 1 aliphatic heterocycles. The second kappa shape index (κ2) is 6.60. The molecule has 0 aliphatic carbocycles. The fourth-order valence-electron chi connectivity index (χ4n) is 2.76. The van der Waals surface area contributed by atoms with E-state index >= 15 is 0 Å². The number of ether oxygens (including phenoxy) is 2. The van der Waals surface area contributed by atoms with Crippen molar-refractivity contribution >= 4 is 17.4 Å². The van der Waals surface area contributed by atoms with Gasteiger partial charge in [-0.25, -0.2) is 0 Å². The molecular formula is C18H16N4O2S. The predicted molar refractivity (Wildman–Crippen MR) is 97.0 cm³/mol. The molecule has 0 amide bonds. The average molecular weight is 352 g/mol. The van der Waals surface area contributed by atoms with Crippen molar-refractivity contribution in [3.05, 3.63) is 54.1 Å². The van der Waals surface area contributed by atoms with E-state index < -0.39 is 6.23 Å². The van der Waals surface area contributed by atoms with E-state index in [9.17, 15) is 0 Å². The van der Waals surface area contributed by atoms with Gasteiger partial charge in [0.1, 0.15) is 5.75 Å². The molecule has 7 heteroatoms. The molecule has 126 valence electrons. The zero-order valence-electron chi connectivity index (χ0n) is 13.8. The lowest BCUT2D eigenvalue weighted by Gasteiger charge is -2.21. The molecule has 1 aliphatic rings. The highest BCUT2D eigenvalue weighted by molar-refractivity contribution is 7.98. The van der Waals surface area contributed by atoms with Gasteiger partial charge in [-0.05, 0) is 24.5 Å². The van der Waals surface area contributed by atoms with Crippen LogP contribution in [0, 0.1) is 0 Å². The maximum Gasteiger partial charge on any atom is 0.247 e. The molecule has 0 bridgehead atoms. The van der Waals surface area contributed by atoms with Gasteiger partial charge in [0.25, 0.3) is 0 Å². The van der Waals surface area contributed by atoms with Gasteiger partial charge in [-0.15, -0.1) is 10.2 Å². The SMILES string of the molecule is COc1ccccc1[C@H]1Nc2ccccc2-c2nnc(SC)nc2O1. The molecule has 0 spiro atoms. The maximum absolute atomic E-state index is 6.19. The lowest BCUT2D eigenvalue weighted by atomic mass is 10.1. The minimum absolute atomic E-state index is 0.452. The van der Waals surface area contributed by atoms with E-state index in [1.165, 1.54) is 11.8 Å². The van der Waals surface area contributed by atoms with Crippen LogP contribution in [0.4, 0.5) is 5.69 Å². The number of rotatable bonds is 3. The van der Waals surface area contributed by atoms with Gasteiger partial charge in [0.2, 0.25) is 17.3 Å². The number of methoxy groups -OCH3 is 1. The van der Waals surface area contributed by atoms with Crippen molar-refractivity contribution in [1.82, 2.24) is 15.2 Å². The van der Waals surface area contributed by atoms with Crippen LogP contribution in [0.1, 0.15) is 11.8 Å². The standard InChI is InChI=1S/C18H16N4O2S/c1-23-14-10-6-4-8-12(14)16-19-13-9-5-3-7-11(13)15-17(24-16)20-18(25-2)22-21-15/h3-10,16,19H,1-2H3/t16-/m0/s1. The van der Waals surface area contributed by atoms with Crippen molar-refractivity contribution < 1.29 is 9.47 Å². The first-order chi connectivity index (χ1) is 12.3. The molecule has 25 heavy (non-hydrogen) atoms. The normalized spacial score (nSPS) is 15.2. The van der Waals surface area contributed by atoms with Crippen LogP contribution in [0.15, 0.2) is 53.7 Å². The van der Waals surface area contributed by atoms with Crippen molar-refractivity contribution in [3.63, 3.8) is 0 Å². The van der Waals surface area contributed by atoms with Gasteiger partial charge >= 0.3 is 0 Å². The summed E-state index contributed by atoms with van der Waals surface area (Å²) < 4.78 is 11.7. The summed E-state index contributed by atoms with van der Waals surface area (Å²) >= 11 is 1.42. The number of para-hydroxylation sites is 2. The molecule has 1 atom stereocenters. The Morgan fingerprint density at radius 1 is 1.08 bits per heavy atom. The molecule has 2 heterocycles. The van der Waals surface area contributed by atoms with E-state index in [1.807, 2.05) is 54.8 Å². The van der Waals surface area contributed by atoms with Crippen LogP contribution in [0.2, 0.25) is 0 Å². The van der Waals surface area contributed by atoms with E-state index in [0.29, 0.717) is 16.7 Å². The largest absolute Gasteiger partial charge is 0.496 e. The Kier molecular flexibility index (Phi) is 4.15. The monoisotopic (exact) mass is 352 g/mol. The van der Waals surface area contributed by atoms with E-state index in [4.69, 9.17) is 9.47 Å². The Balaban J connectivity index is 1.88. The highest BCUT2D eigenvalue weighted by Crippen LogP contribution is 2.40. The molecule has 1 aromatic heterocycles. The van der Waals surface area contributed by atoms with Crippen LogP contribution >= 0.6 is 11.8 Å². The molecule has 0 fully saturated rings. The number of anilines is 1. The number of aromatic nitrogens is 3. The summed E-state index contributed by atoms with van der Waals surface area (Å²) in [5.41, 5.74) is 3.32. The Labute approximate surface area is 149 Å². The summed E-state index contributed by atoms with van der Waals surface area (Å²) in [4.78, 5) is 4.51. The predicted octanol–water partition coefficient (Wildman–Crippen LogP) is 3.77. The van der Waals surface area contributed by atoms with Gasteiger partial charge in [-0.1, -0.05) is 42.1 Å². The van der Waals surface area contributed by atoms with Crippen LogP contribution in [-0.2, 0) is 0 Å². The molecule has 6 nitrogen and oxygen atoms in total. The van der Waals surface area contributed by atoms with Gasteiger partial charge < -0.3 is 14.8 Å². The lowest BCUT2D eigenvalue weighted by Crippen LogP contribution is -2.18. The Hall–Kier alpha value is -2.80. The van der Waals surface area contributed by atoms with Gasteiger partial charge in [-0.2, -0.15) is 4.98 Å². The van der Waals surface area contributed by atoms with Crippen molar-refractivity contribution in [2.45, 2.75) is 11.4 Å². The number of nitrogens with one attached hydrogen (secondary N) is 1. The van der Waals surface area contributed by atoms with Crippen LogP contribution in [-0.4, -0.2) is 28.5 Å². The molecular weight excluding hydrogens is 336 g/mol. The van der Waals surface area contributed by atoms with Crippen LogP contribution in [0.3, 0.4) is 0 Å². The minimum atomic E-state index is -0.454. The highest BCUT2D eigenvalue weighted by Gasteiger charge is 2.27. The number of thioether (sulfide) groups is 1. The molecule has 0 radical (unpaired) electrons. The molecule has 0 saturated carbocycles. The summed E-state index contributed by atoms with van der Waals surface area (Å²) in [5, 5.41) is 12.5. The Bertz CT molecular complexity index is 919. The van der Waals surface area contributed by atoms with Gasteiger partial charge in [0.05, 0.1) is 12.7 Å². The maximum atomic E-state index is 6.19. The number of hydrogen-bond donors (Lipinski definition) is 1. The molecule has 0 unspecified atom stereocenters. The summed E-state index contributed by atoms with van der Waals surface area (Å²) in [6.45, 7) is 0. The minimum Gasteiger partial charge on any atom is -0.496 e. The highest BCUT2D eigenvalue weighted by atomic mass is 32.2. The summed E-state index contributed by atoms with van der Waals surface area (Å²) in [5.74, 6) is 1.20. The van der Waals surface area contributed by atoms with Crippen molar-refractivity contribution in [3.8, 4) is 22.9 Å². The first-order valence-corrected chi connectivity index (χ1v) is 8.97. The molecule has 4 rings (SSSR count). The molecule has 2 aromatic carbocycles. The van der Waals surface area contributed by atoms with Gasteiger partial charge in [0, 0.05) is 11.3 Å².